The maximum Gasteiger partial charge on any atom is 0.174 e. The molecule has 1 aliphatic heterocycles. The number of aryl methyl sites for hydroxylation is 1. The van der Waals surface area contributed by atoms with Gasteiger partial charge < -0.3 is 24.3 Å². The van der Waals surface area contributed by atoms with E-state index in [4.69, 9.17) is 38.3 Å². The van der Waals surface area contributed by atoms with E-state index in [0.29, 0.717) is 29.1 Å². The van der Waals surface area contributed by atoms with Crippen LogP contribution in [0.25, 0.3) is 16.5 Å². The molecule has 5 aromatic rings. The Kier molecular flexibility index (Phi) is 7.67. The van der Waals surface area contributed by atoms with E-state index in [-0.39, 0.29) is 12.1 Å². The van der Waals surface area contributed by atoms with Gasteiger partial charge in [-0.2, -0.15) is 0 Å². The Morgan fingerprint density at radius 3 is 2.54 bits per heavy atom. The molecule has 41 heavy (non-hydrogen) atoms. The number of thiocarbonyl (C=S) groups is 1. The Hall–Kier alpha value is -3.91. The van der Waals surface area contributed by atoms with Crippen LogP contribution in [-0.2, 0) is 4.74 Å². The van der Waals surface area contributed by atoms with Crippen LogP contribution in [0.3, 0.4) is 0 Å². The van der Waals surface area contributed by atoms with Crippen LogP contribution in [0.2, 0.25) is 5.02 Å². The predicted octanol–water partition coefficient (Wildman–Crippen LogP) is 7.50. The second-order valence-corrected chi connectivity index (χ2v) is 10.9. The van der Waals surface area contributed by atoms with Gasteiger partial charge in [-0.1, -0.05) is 54.1 Å². The van der Waals surface area contributed by atoms with Gasteiger partial charge in [0.15, 0.2) is 5.11 Å². The minimum atomic E-state index is -0.165. The van der Waals surface area contributed by atoms with E-state index in [0.717, 1.165) is 34.0 Å². The van der Waals surface area contributed by atoms with Crippen LogP contribution in [0.15, 0.2) is 91.1 Å². The first-order valence-electron chi connectivity index (χ1n) is 13.6. The number of pyridine rings is 1. The van der Waals surface area contributed by atoms with Crippen molar-refractivity contribution in [3.05, 3.63) is 119 Å². The van der Waals surface area contributed by atoms with Crippen LogP contribution in [0.1, 0.15) is 34.7 Å². The summed E-state index contributed by atoms with van der Waals surface area (Å²) >= 11 is 12.7. The summed E-state index contributed by atoms with van der Waals surface area (Å²) in [6.45, 7) is 5.24. The number of fused-ring (bicyclic) bond motifs is 1. The summed E-state index contributed by atoms with van der Waals surface area (Å²) < 4.78 is 13.3. The van der Waals surface area contributed by atoms with E-state index in [9.17, 15) is 0 Å². The van der Waals surface area contributed by atoms with Gasteiger partial charge in [0.1, 0.15) is 12.4 Å². The highest BCUT2D eigenvalue weighted by Crippen LogP contribution is 2.45. The molecule has 0 amide bonds. The topological polar surface area (TPSA) is 51.6 Å². The molecule has 0 saturated carbocycles. The molecule has 0 bridgehead atoms. The van der Waals surface area contributed by atoms with Crippen LogP contribution < -0.4 is 15.0 Å². The van der Waals surface area contributed by atoms with E-state index in [1.807, 2.05) is 42.6 Å². The van der Waals surface area contributed by atoms with Crippen molar-refractivity contribution in [1.82, 2.24) is 14.9 Å². The summed E-state index contributed by atoms with van der Waals surface area (Å²) in [4.78, 5) is 6.86. The number of ether oxygens (including phenoxy) is 2. The molecule has 3 heterocycles. The molecular weight excluding hydrogens is 552 g/mol. The molecule has 8 heteroatoms. The van der Waals surface area contributed by atoms with Gasteiger partial charge in [-0.3, -0.25) is 4.98 Å². The minimum absolute atomic E-state index is 0.163. The number of aromatic nitrogens is 2. The zero-order valence-corrected chi connectivity index (χ0v) is 24.7. The first kappa shape index (κ1) is 27.3. The summed E-state index contributed by atoms with van der Waals surface area (Å²) in [6, 6.07) is 28.7. The quantitative estimate of drug-likeness (QED) is 0.151. The first-order valence-corrected chi connectivity index (χ1v) is 14.4. The molecule has 1 N–H and O–H groups in total. The molecule has 0 radical (unpaired) electrons. The zero-order chi connectivity index (χ0) is 28.5. The lowest BCUT2D eigenvalue weighted by molar-refractivity contribution is 0.146. The van der Waals surface area contributed by atoms with Crippen molar-refractivity contribution in [3.63, 3.8) is 0 Å². The summed E-state index contributed by atoms with van der Waals surface area (Å²) in [5, 5.41) is 7.11. The van der Waals surface area contributed by atoms with E-state index in [1.165, 1.54) is 10.8 Å². The van der Waals surface area contributed by atoms with Crippen molar-refractivity contribution in [2.45, 2.75) is 25.9 Å². The first-order chi connectivity index (χ1) is 20.0. The molecule has 0 aliphatic carbocycles. The molecule has 208 valence electrons. The van der Waals surface area contributed by atoms with Gasteiger partial charge in [-0.05, 0) is 79.5 Å². The smallest absolute Gasteiger partial charge is 0.174 e. The van der Waals surface area contributed by atoms with Crippen LogP contribution in [0.5, 0.6) is 5.75 Å². The molecule has 3 aromatic carbocycles. The number of rotatable bonds is 8. The van der Waals surface area contributed by atoms with Crippen molar-refractivity contribution in [3.8, 4) is 11.4 Å². The average molecular weight is 583 g/mol. The molecular formula is C33H31ClN4O2S. The largest absolute Gasteiger partial charge is 0.490 e. The van der Waals surface area contributed by atoms with Gasteiger partial charge in [0.2, 0.25) is 0 Å². The fraction of sp³-hybridized carbons (Fsp3) is 0.212. The lowest BCUT2D eigenvalue weighted by atomic mass is 9.96. The van der Waals surface area contributed by atoms with Gasteiger partial charge >= 0.3 is 0 Å². The predicted molar refractivity (Wildman–Crippen MR) is 170 cm³/mol. The SMILES string of the molecule is COCCOc1ccc(N2C(=S)NC(c3ccccn3)C2c2cc(C)n(-c3cccc4ccccc34)c2C)cc1Cl. The summed E-state index contributed by atoms with van der Waals surface area (Å²) in [5.74, 6) is 0.609. The zero-order valence-electron chi connectivity index (χ0n) is 23.2. The lowest BCUT2D eigenvalue weighted by Gasteiger charge is -2.28. The summed E-state index contributed by atoms with van der Waals surface area (Å²) in [5.41, 5.74) is 6.40. The standard InChI is InChI=1S/C33H31ClN4O2S/c1-21-19-26(22(2)37(21)29-13-8-10-23-9-4-5-11-25(23)29)32-31(28-12-6-7-16-35-28)36-33(41)38(32)24-14-15-30(27(34)20-24)40-18-17-39-3/h4-16,19-20,31-32H,17-18H2,1-3H3,(H,36,41). The van der Waals surface area contributed by atoms with E-state index >= 15 is 0 Å². The van der Waals surface area contributed by atoms with Crippen molar-refractivity contribution in [2.24, 2.45) is 0 Å². The van der Waals surface area contributed by atoms with Crippen molar-refractivity contribution in [1.29, 1.82) is 0 Å². The Bertz CT molecular complexity index is 1720. The molecule has 1 aliphatic rings. The summed E-state index contributed by atoms with van der Waals surface area (Å²) in [6.07, 6.45) is 1.82. The highest BCUT2D eigenvalue weighted by atomic mass is 35.5. The summed E-state index contributed by atoms with van der Waals surface area (Å²) in [7, 11) is 1.64. The van der Waals surface area contributed by atoms with E-state index in [1.54, 1.807) is 7.11 Å². The van der Waals surface area contributed by atoms with Gasteiger partial charge in [0.25, 0.3) is 0 Å². The number of anilines is 1. The highest BCUT2D eigenvalue weighted by molar-refractivity contribution is 7.80. The molecule has 6 nitrogen and oxygen atoms in total. The Labute approximate surface area is 250 Å². The van der Waals surface area contributed by atoms with Gasteiger partial charge in [0, 0.05) is 35.8 Å². The van der Waals surface area contributed by atoms with Crippen molar-refractivity contribution < 1.29 is 9.47 Å². The molecule has 6 rings (SSSR count). The van der Waals surface area contributed by atoms with Crippen LogP contribution in [0.4, 0.5) is 5.69 Å². The monoisotopic (exact) mass is 582 g/mol. The minimum Gasteiger partial charge on any atom is -0.490 e. The number of nitrogens with one attached hydrogen (secondary N) is 1. The third-order valence-electron chi connectivity index (χ3n) is 7.63. The molecule has 1 fully saturated rings. The Morgan fingerprint density at radius 2 is 1.76 bits per heavy atom. The van der Waals surface area contributed by atoms with Gasteiger partial charge in [0.05, 0.1) is 35.1 Å². The molecule has 2 unspecified atom stereocenters. The number of hydrogen-bond acceptors (Lipinski definition) is 4. The average Bonchev–Trinajstić information content (AvgIpc) is 3.48. The van der Waals surface area contributed by atoms with Gasteiger partial charge in [-0.15, -0.1) is 0 Å². The molecule has 0 spiro atoms. The fourth-order valence-corrected chi connectivity index (χ4v) is 6.38. The van der Waals surface area contributed by atoms with Crippen molar-refractivity contribution >= 4 is 45.4 Å². The molecule has 2 atom stereocenters. The second-order valence-electron chi connectivity index (χ2n) is 10.1. The van der Waals surface area contributed by atoms with Crippen LogP contribution in [-0.4, -0.2) is 35.0 Å². The molecule has 1 saturated heterocycles. The number of halogens is 1. The Morgan fingerprint density at radius 1 is 0.951 bits per heavy atom. The lowest BCUT2D eigenvalue weighted by Crippen LogP contribution is -2.29. The highest BCUT2D eigenvalue weighted by Gasteiger charge is 2.42. The maximum absolute atomic E-state index is 6.71. The number of methoxy groups -OCH3 is 1. The van der Waals surface area contributed by atoms with Crippen molar-refractivity contribution in [2.75, 3.05) is 25.2 Å². The van der Waals surface area contributed by atoms with Crippen LogP contribution >= 0.6 is 23.8 Å². The third-order valence-corrected chi connectivity index (χ3v) is 8.24. The Balaban J connectivity index is 1.48. The van der Waals surface area contributed by atoms with E-state index < -0.39 is 0 Å². The van der Waals surface area contributed by atoms with E-state index in [2.05, 4.69) is 77.2 Å². The van der Waals surface area contributed by atoms with Gasteiger partial charge in [-0.25, -0.2) is 0 Å². The second kappa shape index (κ2) is 11.5. The number of nitrogens with zero attached hydrogens (tertiary/aromatic N) is 3. The number of benzene rings is 3. The molecule has 2 aromatic heterocycles. The normalized spacial score (nSPS) is 16.8. The third kappa shape index (κ3) is 5.05. The number of hydrogen-bond donors (Lipinski definition) is 1. The fourth-order valence-electron chi connectivity index (χ4n) is 5.80. The maximum atomic E-state index is 6.71. The van der Waals surface area contributed by atoms with Crippen LogP contribution in [0, 0.1) is 13.8 Å².